The topological polar surface area (TPSA) is 76.7 Å². The Morgan fingerprint density at radius 2 is 1.91 bits per heavy atom. The molecule has 2 N–H and O–H groups in total. The van der Waals surface area contributed by atoms with Crippen molar-refractivity contribution in [2.75, 3.05) is 19.8 Å². The summed E-state index contributed by atoms with van der Waals surface area (Å²) in [6.07, 6.45) is 1.58. The zero-order valence-corrected chi connectivity index (χ0v) is 14.8. The normalized spacial score (nSPS) is 21.9. The maximum atomic E-state index is 12.6. The SMILES string of the molecule is CCOc1ccc(S(=O)(=O)NC2CCNC(C)C2)cc1OCC. The monoisotopic (exact) mass is 342 g/mol. The summed E-state index contributed by atoms with van der Waals surface area (Å²) in [5.41, 5.74) is 0. The highest BCUT2D eigenvalue weighted by molar-refractivity contribution is 7.89. The van der Waals surface area contributed by atoms with Gasteiger partial charge in [0.05, 0.1) is 18.1 Å². The van der Waals surface area contributed by atoms with Crippen LogP contribution in [0.5, 0.6) is 11.5 Å². The average molecular weight is 342 g/mol. The van der Waals surface area contributed by atoms with E-state index < -0.39 is 10.0 Å². The summed E-state index contributed by atoms with van der Waals surface area (Å²) in [6, 6.07) is 5.00. The Bertz CT molecular complexity index is 619. The van der Waals surface area contributed by atoms with E-state index in [2.05, 4.69) is 17.0 Å². The lowest BCUT2D eigenvalue weighted by molar-refractivity contribution is 0.287. The molecule has 1 fully saturated rings. The van der Waals surface area contributed by atoms with E-state index in [1.807, 2.05) is 13.8 Å². The third-order valence-corrected chi connectivity index (χ3v) is 5.29. The fraction of sp³-hybridized carbons (Fsp3) is 0.625. The van der Waals surface area contributed by atoms with Gasteiger partial charge in [0.1, 0.15) is 0 Å². The molecule has 0 amide bonds. The van der Waals surface area contributed by atoms with Crippen molar-refractivity contribution in [3.8, 4) is 11.5 Å². The molecular formula is C16H26N2O4S. The molecule has 0 saturated carbocycles. The van der Waals surface area contributed by atoms with Gasteiger partial charge in [0.2, 0.25) is 10.0 Å². The maximum absolute atomic E-state index is 12.6. The van der Waals surface area contributed by atoms with Gasteiger partial charge >= 0.3 is 0 Å². The molecule has 1 aromatic rings. The zero-order valence-electron chi connectivity index (χ0n) is 14.0. The van der Waals surface area contributed by atoms with Crippen LogP contribution in [0, 0.1) is 0 Å². The standard InChI is InChI=1S/C16H26N2O4S/c1-4-21-15-7-6-14(11-16(15)22-5-2)23(19,20)18-13-8-9-17-12(3)10-13/h6-7,11-13,17-18H,4-5,8-10H2,1-3H3. The number of rotatable bonds is 7. The van der Waals surface area contributed by atoms with E-state index in [-0.39, 0.29) is 10.9 Å². The van der Waals surface area contributed by atoms with E-state index in [4.69, 9.17) is 9.47 Å². The molecule has 0 spiro atoms. The Morgan fingerprint density at radius 1 is 1.22 bits per heavy atom. The van der Waals surface area contributed by atoms with E-state index in [0.717, 1.165) is 19.4 Å². The summed E-state index contributed by atoms with van der Waals surface area (Å²) in [7, 11) is -3.57. The third kappa shape index (κ3) is 4.83. The number of benzene rings is 1. The van der Waals surface area contributed by atoms with Gasteiger partial charge in [-0.25, -0.2) is 13.1 Å². The van der Waals surface area contributed by atoms with Gasteiger partial charge in [0.25, 0.3) is 0 Å². The first-order valence-corrected chi connectivity index (χ1v) is 9.60. The lowest BCUT2D eigenvalue weighted by Crippen LogP contribution is -2.46. The highest BCUT2D eigenvalue weighted by atomic mass is 32.2. The molecule has 2 rings (SSSR count). The van der Waals surface area contributed by atoms with E-state index >= 15 is 0 Å². The van der Waals surface area contributed by atoms with Gasteiger partial charge in [-0.1, -0.05) is 0 Å². The predicted octanol–water partition coefficient (Wildman–Crippen LogP) is 1.90. The first-order valence-electron chi connectivity index (χ1n) is 8.11. The Morgan fingerprint density at radius 3 is 2.57 bits per heavy atom. The molecule has 130 valence electrons. The van der Waals surface area contributed by atoms with Crippen LogP contribution in [0.3, 0.4) is 0 Å². The van der Waals surface area contributed by atoms with Crippen molar-refractivity contribution in [1.29, 1.82) is 0 Å². The van der Waals surface area contributed by atoms with Gasteiger partial charge in [-0.3, -0.25) is 0 Å². The van der Waals surface area contributed by atoms with Crippen LogP contribution in [0.4, 0.5) is 0 Å². The molecule has 2 atom stereocenters. The second kappa shape index (κ2) is 7.99. The smallest absolute Gasteiger partial charge is 0.240 e. The van der Waals surface area contributed by atoms with Gasteiger partial charge in [0.15, 0.2) is 11.5 Å². The predicted molar refractivity (Wildman–Crippen MR) is 89.6 cm³/mol. The first kappa shape index (κ1) is 18.0. The van der Waals surface area contributed by atoms with E-state index in [1.165, 1.54) is 6.07 Å². The van der Waals surface area contributed by atoms with Crippen molar-refractivity contribution in [1.82, 2.24) is 10.0 Å². The van der Waals surface area contributed by atoms with Crippen LogP contribution in [-0.4, -0.2) is 40.3 Å². The molecule has 0 aliphatic carbocycles. The van der Waals surface area contributed by atoms with E-state index in [1.54, 1.807) is 12.1 Å². The number of piperidine rings is 1. The zero-order chi connectivity index (χ0) is 16.9. The van der Waals surface area contributed by atoms with Crippen molar-refractivity contribution < 1.29 is 17.9 Å². The molecule has 23 heavy (non-hydrogen) atoms. The van der Waals surface area contributed by atoms with Crippen molar-refractivity contribution >= 4 is 10.0 Å². The Kier molecular flexibility index (Phi) is 6.26. The van der Waals surface area contributed by atoms with Crippen LogP contribution in [0.15, 0.2) is 23.1 Å². The molecular weight excluding hydrogens is 316 g/mol. The minimum atomic E-state index is -3.57. The summed E-state index contributed by atoms with van der Waals surface area (Å²) < 4.78 is 39.0. The minimum Gasteiger partial charge on any atom is -0.490 e. The van der Waals surface area contributed by atoms with Gasteiger partial charge in [0, 0.05) is 18.2 Å². The van der Waals surface area contributed by atoms with Gasteiger partial charge in [-0.05, 0) is 52.3 Å². The summed E-state index contributed by atoms with van der Waals surface area (Å²) in [5, 5.41) is 3.31. The Balaban J connectivity index is 2.19. The lowest BCUT2D eigenvalue weighted by atomic mass is 10.0. The molecule has 1 aliphatic rings. The van der Waals surface area contributed by atoms with Gasteiger partial charge < -0.3 is 14.8 Å². The fourth-order valence-corrected chi connectivity index (χ4v) is 4.02. The fourth-order valence-electron chi connectivity index (χ4n) is 2.73. The van der Waals surface area contributed by atoms with Gasteiger partial charge in [-0.15, -0.1) is 0 Å². The first-order chi connectivity index (χ1) is 11.0. The van der Waals surface area contributed by atoms with Crippen molar-refractivity contribution in [2.45, 2.75) is 50.6 Å². The molecule has 1 aliphatic heterocycles. The van der Waals surface area contributed by atoms with Crippen molar-refractivity contribution in [3.63, 3.8) is 0 Å². The minimum absolute atomic E-state index is 0.0432. The van der Waals surface area contributed by atoms with Crippen LogP contribution >= 0.6 is 0 Å². The second-order valence-corrected chi connectivity index (χ2v) is 7.39. The molecule has 1 heterocycles. The molecule has 0 radical (unpaired) electrons. The highest BCUT2D eigenvalue weighted by Gasteiger charge is 2.25. The summed E-state index contributed by atoms with van der Waals surface area (Å²) in [5.74, 6) is 1.01. The average Bonchev–Trinajstić information content (AvgIpc) is 2.49. The van der Waals surface area contributed by atoms with Crippen LogP contribution in [0.25, 0.3) is 0 Å². The molecule has 2 unspecified atom stereocenters. The molecule has 6 nitrogen and oxygen atoms in total. The number of nitrogens with one attached hydrogen (secondary N) is 2. The largest absolute Gasteiger partial charge is 0.490 e. The second-order valence-electron chi connectivity index (χ2n) is 5.67. The number of hydrogen-bond donors (Lipinski definition) is 2. The van der Waals surface area contributed by atoms with Crippen molar-refractivity contribution in [3.05, 3.63) is 18.2 Å². The van der Waals surface area contributed by atoms with Crippen LogP contribution in [0.2, 0.25) is 0 Å². The van der Waals surface area contributed by atoms with E-state index in [9.17, 15) is 8.42 Å². The number of ether oxygens (including phenoxy) is 2. The Hall–Kier alpha value is -1.31. The Labute approximate surface area is 138 Å². The number of hydrogen-bond acceptors (Lipinski definition) is 5. The molecule has 1 aromatic carbocycles. The molecule has 0 aromatic heterocycles. The molecule has 7 heteroatoms. The lowest BCUT2D eigenvalue weighted by Gasteiger charge is -2.28. The number of sulfonamides is 1. The van der Waals surface area contributed by atoms with Crippen LogP contribution < -0.4 is 19.5 Å². The quantitative estimate of drug-likeness (QED) is 0.791. The van der Waals surface area contributed by atoms with Crippen molar-refractivity contribution in [2.24, 2.45) is 0 Å². The van der Waals surface area contributed by atoms with Crippen LogP contribution in [-0.2, 0) is 10.0 Å². The van der Waals surface area contributed by atoms with Crippen LogP contribution in [0.1, 0.15) is 33.6 Å². The molecule has 1 saturated heterocycles. The third-order valence-electron chi connectivity index (χ3n) is 3.77. The summed E-state index contributed by atoms with van der Waals surface area (Å²) in [6.45, 7) is 7.55. The van der Waals surface area contributed by atoms with E-state index in [0.29, 0.717) is 30.8 Å². The van der Waals surface area contributed by atoms with Gasteiger partial charge in [-0.2, -0.15) is 0 Å². The summed E-state index contributed by atoms with van der Waals surface area (Å²) in [4.78, 5) is 0.204. The molecule has 0 bridgehead atoms. The highest BCUT2D eigenvalue weighted by Crippen LogP contribution is 2.30. The summed E-state index contributed by atoms with van der Waals surface area (Å²) >= 11 is 0. The maximum Gasteiger partial charge on any atom is 0.240 e.